The molecule has 0 aliphatic heterocycles. The Morgan fingerprint density at radius 3 is 1.74 bits per heavy atom. The molecule has 6 heteroatoms. The minimum absolute atomic E-state index is 0.446. The maximum Gasteiger partial charge on any atom is 0.161 e. The number of fused-ring (bicyclic) bond motifs is 10. The van der Waals surface area contributed by atoms with Gasteiger partial charge in [0.15, 0.2) is 11.7 Å². The highest BCUT2D eigenvalue weighted by molar-refractivity contribution is 6.24. The zero-order chi connectivity index (χ0) is 38.6. The van der Waals surface area contributed by atoms with Gasteiger partial charge in [-0.3, -0.25) is 4.99 Å². The number of rotatable bonds is 6. The topological polar surface area (TPSA) is 60.1 Å². The number of hydrogen-bond donors (Lipinski definition) is 0. The van der Waals surface area contributed by atoms with Gasteiger partial charge in [0.1, 0.15) is 11.2 Å². The average molecular weight is 746 g/mol. The van der Waals surface area contributed by atoms with Gasteiger partial charge in [-0.25, -0.2) is 9.98 Å². The van der Waals surface area contributed by atoms with Crippen molar-refractivity contribution in [3.63, 3.8) is 0 Å². The van der Waals surface area contributed by atoms with Crippen LogP contribution in [0.4, 0.5) is 0 Å². The van der Waals surface area contributed by atoms with E-state index in [2.05, 4.69) is 154 Å². The first-order valence-electron chi connectivity index (χ1n) is 19.4. The van der Waals surface area contributed by atoms with Crippen molar-refractivity contribution in [2.45, 2.75) is 6.54 Å². The summed E-state index contributed by atoms with van der Waals surface area (Å²) in [6.45, 7) is 4.31. The first kappa shape index (κ1) is 33.5. The number of aromatic nitrogens is 2. The number of benzene rings is 8. The van der Waals surface area contributed by atoms with Crippen LogP contribution in [0.1, 0.15) is 16.7 Å². The van der Waals surface area contributed by atoms with E-state index in [1.54, 1.807) is 0 Å². The van der Waals surface area contributed by atoms with Gasteiger partial charge >= 0.3 is 0 Å². The van der Waals surface area contributed by atoms with E-state index in [4.69, 9.17) is 14.4 Å². The Hall–Kier alpha value is -7.83. The van der Waals surface area contributed by atoms with Crippen molar-refractivity contribution in [3.05, 3.63) is 205 Å². The van der Waals surface area contributed by atoms with Gasteiger partial charge in [0.25, 0.3) is 0 Å². The highest BCUT2D eigenvalue weighted by Crippen LogP contribution is 2.42. The van der Waals surface area contributed by atoms with Crippen molar-refractivity contribution in [2.24, 2.45) is 15.0 Å². The van der Waals surface area contributed by atoms with E-state index in [-0.39, 0.29) is 0 Å². The molecular weight excluding hydrogens is 711 g/mol. The van der Waals surface area contributed by atoms with Crippen LogP contribution >= 0.6 is 0 Å². The largest absolute Gasteiger partial charge is 0.455 e. The van der Waals surface area contributed by atoms with Crippen molar-refractivity contribution >= 4 is 83.9 Å². The molecule has 0 spiro atoms. The summed E-state index contributed by atoms with van der Waals surface area (Å²) in [6, 6.07) is 65.4. The van der Waals surface area contributed by atoms with E-state index in [9.17, 15) is 0 Å². The minimum Gasteiger partial charge on any atom is -0.455 e. The third kappa shape index (κ3) is 5.38. The molecule has 0 saturated carbocycles. The number of nitrogens with zero attached hydrogens (tertiary/aromatic N) is 5. The predicted octanol–water partition coefficient (Wildman–Crippen LogP) is 12.9. The third-order valence-corrected chi connectivity index (χ3v) is 11.1. The van der Waals surface area contributed by atoms with Gasteiger partial charge in [0.2, 0.25) is 0 Å². The average Bonchev–Trinajstić information content (AvgIpc) is 3.95. The number of aliphatic imine (C=N–C) groups is 3. The van der Waals surface area contributed by atoms with Crippen molar-refractivity contribution < 1.29 is 4.42 Å². The Morgan fingerprint density at radius 2 is 1.07 bits per heavy atom. The molecule has 0 bridgehead atoms. The Bertz CT molecular complexity index is 3430. The lowest BCUT2D eigenvalue weighted by molar-refractivity contribution is 0.668. The Morgan fingerprint density at radius 1 is 0.483 bits per heavy atom. The van der Waals surface area contributed by atoms with Gasteiger partial charge in [-0.05, 0) is 60.8 Å². The molecule has 3 heterocycles. The highest BCUT2D eigenvalue weighted by atomic mass is 16.3. The van der Waals surface area contributed by atoms with Gasteiger partial charge in [0, 0.05) is 49.3 Å². The molecule has 0 radical (unpaired) electrons. The molecule has 3 aromatic heterocycles. The van der Waals surface area contributed by atoms with E-state index < -0.39 is 0 Å². The number of amidine groups is 2. The lowest BCUT2D eigenvalue weighted by Crippen LogP contribution is -2.06. The SMILES string of the molecule is C=NC(=NC(=NCc1ccccc1)c1cccc2c1oc1ccc(-n3c4ccccc4c4ccc5c6ccccc6n(-c6ccccc6)c5c43)cc12)c1ccccc1. The molecule has 11 rings (SSSR count). The number of hydrogen-bond acceptors (Lipinski definition) is 2. The van der Waals surface area contributed by atoms with Gasteiger partial charge in [0.05, 0.1) is 34.2 Å². The van der Waals surface area contributed by atoms with Gasteiger partial charge < -0.3 is 13.6 Å². The molecule has 6 nitrogen and oxygen atoms in total. The Kier molecular flexibility index (Phi) is 7.93. The van der Waals surface area contributed by atoms with Crippen LogP contribution in [0, 0.1) is 0 Å². The molecule has 0 saturated heterocycles. The first-order valence-corrected chi connectivity index (χ1v) is 19.4. The standard InChI is InChI=1S/C52H35N5O/c1-53-51(35-18-7-3-8-19-35)55-52(54-33-34-16-5-2-6-17-34)43-25-15-24-42-44-32-37(28-31-47(44)58-50(42)43)57-46-27-14-12-23-39(46)41-30-29-40-38-22-11-13-26-45(38)56(48(40)49(41)57)36-20-9-4-10-21-36/h2-32H,1,33H2. The van der Waals surface area contributed by atoms with Gasteiger partial charge in [-0.2, -0.15) is 0 Å². The summed E-state index contributed by atoms with van der Waals surface area (Å²) >= 11 is 0. The van der Waals surface area contributed by atoms with Crippen molar-refractivity contribution in [2.75, 3.05) is 0 Å². The van der Waals surface area contributed by atoms with E-state index in [1.165, 1.54) is 32.6 Å². The summed E-state index contributed by atoms with van der Waals surface area (Å²) in [5.41, 5.74) is 11.0. The number of para-hydroxylation sites is 4. The maximum atomic E-state index is 6.76. The van der Waals surface area contributed by atoms with Crippen molar-refractivity contribution in [1.29, 1.82) is 0 Å². The second-order valence-corrected chi connectivity index (χ2v) is 14.4. The van der Waals surface area contributed by atoms with E-state index >= 15 is 0 Å². The van der Waals surface area contributed by atoms with E-state index in [0.717, 1.165) is 61.0 Å². The van der Waals surface area contributed by atoms with Gasteiger partial charge in [-0.1, -0.05) is 140 Å². The molecule has 274 valence electrons. The summed E-state index contributed by atoms with van der Waals surface area (Å²) in [7, 11) is 0. The van der Waals surface area contributed by atoms with Crippen LogP contribution in [-0.2, 0) is 6.54 Å². The van der Waals surface area contributed by atoms with Crippen LogP contribution in [0.3, 0.4) is 0 Å². The minimum atomic E-state index is 0.446. The molecule has 0 atom stereocenters. The Balaban J connectivity index is 1.16. The van der Waals surface area contributed by atoms with Crippen LogP contribution in [0.15, 0.2) is 207 Å². The number of furan rings is 1. The first-order chi connectivity index (χ1) is 28.7. The molecule has 0 amide bonds. The molecule has 0 aliphatic carbocycles. The fourth-order valence-electron chi connectivity index (χ4n) is 8.52. The molecule has 0 N–H and O–H groups in total. The predicted molar refractivity (Wildman–Crippen MR) is 242 cm³/mol. The molecule has 0 unspecified atom stereocenters. The van der Waals surface area contributed by atoms with Crippen molar-refractivity contribution in [3.8, 4) is 11.4 Å². The smallest absolute Gasteiger partial charge is 0.161 e. The van der Waals surface area contributed by atoms with Crippen LogP contribution in [0.25, 0.3) is 76.9 Å². The monoisotopic (exact) mass is 745 g/mol. The molecule has 58 heavy (non-hydrogen) atoms. The van der Waals surface area contributed by atoms with E-state index in [1.807, 2.05) is 54.6 Å². The second-order valence-electron chi connectivity index (χ2n) is 14.4. The summed E-state index contributed by atoms with van der Waals surface area (Å²) < 4.78 is 11.6. The van der Waals surface area contributed by atoms with Crippen LogP contribution in [0.5, 0.6) is 0 Å². The molecule has 0 fully saturated rings. The second kappa shape index (κ2) is 13.7. The molecular formula is C52H35N5O. The zero-order valence-corrected chi connectivity index (χ0v) is 31.5. The lowest BCUT2D eigenvalue weighted by atomic mass is 10.1. The summed E-state index contributed by atoms with van der Waals surface area (Å²) in [6.07, 6.45) is 0. The van der Waals surface area contributed by atoms with Gasteiger partial charge in [-0.15, -0.1) is 0 Å². The maximum absolute atomic E-state index is 6.76. The van der Waals surface area contributed by atoms with Crippen LogP contribution in [-0.4, -0.2) is 27.5 Å². The fraction of sp³-hybridized carbons (Fsp3) is 0.0192. The zero-order valence-electron chi connectivity index (χ0n) is 31.5. The fourth-order valence-corrected chi connectivity index (χ4v) is 8.52. The lowest BCUT2D eigenvalue weighted by Gasteiger charge is -2.12. The molecule has 11 aromatic rings. The summed E-state index contributed by atoms with van der Waals surface area (Å²) in [5, 5.41) is 6.82. The highest BCUT2D eigenvalue weighted by Gasteiger charge is 2.22. The van der Waals surface area contributed by atoms with E-state index in [0.29, 0.717) is 18.2 Å². The third-order valence-electron chi connectivity index (χ3n) is 11.1. The summed E-state index contributed by atoms with van der Waals surface area (Å²) in [5.74, 6) is 1.02. The molecule has 8 aromatic carbocycles. The van der Waals surface area contributed by atoms with Crippen LogP contribution < -0.4 is 0 Å². The quantitative estimate of drug-likeness (QED) is 0.123. The Labute approximate surface area is 334 Å². The van der Waals surface area contributed by atoms with Crippen molar-refractivity contribution in [1.82, 2.24) is 9.13 Å². The summed E-state index contributed by atoms with van der Waals surface area (Å²) in [4.78, 5) is 14.5. The van der Waals surface area contributed by atoms with Crippen LogP contribution in [0.2, 0.25) is 0 Å². The molecule has 0 aliphatic rings. The normalized spacial score (nSPS) is 12.5.